The monoisotopic (exact) mass is 451 g/mol. The molecule has 1 atom stereocenters. The van der Waals surface area contributed by atoms with Gasteiger partial charge < -0.3 is 10.2 Å². The summed E-state index contributed by atoms with van der Waals surface area (Å²) in [6.07, 6.45) is 5.06. The molecule has 0 aromatic heterocycles. The second-order valence-corrected chi connectivity index (χ2v) is 9.42. The molecule has 0 radical (unpaired) electrons. The number of aryl methyl sites for hydroxylation is 1. The standard InChI is InChI=1S/C25H29N3O3S/c1-32-21-9-7-19(8-10-21)17-22(29)28-15-12-20(13-16-28)25(23(30)26-24(31)27-25)14-11-18-5-3-2-4-6-18/h2-10,20H,11-17H2,1H3,(H2,26,27,30,31)/t25-/m1/s1. The van der Waals surface area contributed by atoms with Crippen molar-refractivity contribution in [3.05, 3.63) is 65.7 Å². The molecule has 2 aromatic rings. The first-order valence-corrected chi connectivity index (χ1v) is 12.3. The largest absolute Gasteiger partial charge is 0.342 e. The van der Waals surface area contributed by atoms with Crippen molar-refractivity contribution < 1.29 is 14.4 Å². The zero-order valence-corrected chi connectivity index (χ0v) is 19.1. The minimum Gasteiger partial charge on any atom is -0.342 e. The molecule has 0 saturated carbocycles. The zero-order valence-electron chi connectivity index (χ0n) is 18.3. The van der Waals surface area contributed by atoms with Crippen LogP contribution in [-0.4, -0.2) is 47.6 Å². The first-order valence-electron chi connectivity index (χ1n) is 11.1. The van der Waals surface area contributed by atoms with Gasteiger partial charge in [-0.1, -0.05) is 42.5 Å². The fraction of sp³-hybridized carbons (Fsp3) is 0.400. The van der Waals surface area contributed by atoms with E-state index in [9.17, 15) is 14.4 Å². The molecule has 6 nitrogen and oxygen atoms in total. The molecule has 2 aliphatic heterocycles. The number of nitrogens with zero attached hydrogens (tertiary/aromatic N) is 1. The summed E-state index contributed by atoms with van der Waals surface area (Å²) in [7, 11) is 0. The van der Waals surface area contributed by atoms with E-state index in [0.29, 0.717) is 45.2 Å². The maximum atomic E-state index is 12.9. The van der Waals surface area contributed by atoms with E-state index in [1.54, 1.807) is 11.8 Å². The fourth-order valence-corrected chi connectivity index (χ4v) is 5.22. The predicted molar refractivity (Wildman–Crippen MR) is 125 cm³/mol. The predicted octanol–water partition coefficient (Wildman–Crippen LogP) is 3.40. The Morgan fingerprint density at radius 2 is 1.72 bits per heavy atom. The van der Waals surface area contributed by atoms with Gasteiger partial charge in [-0.25, -0.2) is 4.79 Å². The molecule has 2 aromatic carbocycles. The molecule has 2 fully saturated rings. The molecular weight excluding hydrogens is 422 g/mol. The molecule has 2 N–H and O–H groups in total. The molecule has 4 rings (SSSR count). The first kappa shape index (κ1) is 22.4. The van der Waals surface area contributed by atoms with Crippen LogP contribution >= 0.6 is 11.8 Å². The van der Waals surface area contributed by atoms with Crippen LogP contribution in [0.15, 0.2) is 59.5 Å². The summed E-state index contributed by atoms with van der Waals surface area (Å²) in [5.74, 6) is -0.127. The second kappa shape index (κ2) is 9.77. The van der Waals surface area contributed by atoms with Gasteiger partial charge in [0, 0.05) is 18.0 Å². The highest BCUT2D eigenvalue weighted by Crippen LogP contribution is 2.35. The summed E-state index contributed by atoms with van der Waals surface area (Å²) < 4.78 is 0. The lowest BCUT2D eigenvalue weighted by atomic mass is 9.74. The molecule has 2 saturated heterocycles. The number of hydrogen-bond donors (Lipinski definition) is 2. The SMILES string of the molecule is CSc1ccc(CC(=O)N2CCC([C@@]3(CCc4ccccc4)NC(=O)NC3=O)CC2)cc1. The fourth-order valence-electron chi connectivity index (χ4n) is 4.81. The van der Waals surface area contributed by atoms with Crippen LogP contribution in [0, 0.1) is 5.92 Å². The number of carbonyl (C=O) groups is 3. The van der Waals surface area contributed by atoms with Gasteiger partial charge in [0.05, 0.1) is 6.42 Å². The minimum atomic E-state index is -0.907. The molecule has 0 bridgehead atoms. The third-order valence-corrected chi connectivity index (χ3v) is 7.42. The highest BCUT2D eigenvalue weighted by molar-refractivity contribution is 7.98. The third kappa shape index (κ3) is 4.83. The van der Waals surface area contributed by atoms with Crippen molar-refractivity contribution in [3.63, 3.8) is 0 Å². The Labute approximate surface area is 193 Å². The summed E-state index contributed by atoms with van der Waals surface area (Å²) in [5, 5.41) is 5.39. The number of amides is 4. The van der Waals surface area contributed by atoms with Crippen LogP contribution in [-0.2, 0) is 22.4 Å². The van der Waals surface area contributed by atoms with Gasteiger partial charge in [0.1, 0.15) is 5.54 Å². The second-order valence-electron chi connectivity index (χ2n) is 8.55. The maximum absolute atomic E-state index is 12.9. The van der Waals surface area contributed by atoms with Gasteiger partial charge in [-0.05, 0) is 61.1 Å². The lowest BCUT2D eigenvalue weighted by Crippen LogP contribution is -2.56. The van der Waals surface area contributed by atoms with E-state index in [-0.39, 0.29) is 17.7 Å². The summed E-state index contributed by atoms with van der Waals surface area (Å²) in [6, 6.07) is 17.7. The van der Waals surface area contributed by atoms with Crippen molar-refractivity contribution in [2.45, 2.75) is 42.5 Å². The lowest BCUT2D eigenvalue weighted by molar-refractivity contribution is -0.133. The molecule has 168 valence electrons. The van der Waals surface area contributed by atoms with Crippen LogP contribution in [0.1, 0.15) is 30.4 Å². The van der Waals surface area contributed by atoms with Crippen LogP contribution in [0.3, 0.4) is 0 Å². The molecule has 2 heterocycles. The molecule has 0 spiro atoms. The van der Waals surface area contributed by atoms with Gasteiger partial charge in [0.2, 0.25) is 5.91 Å². The normalized spacial score (nSPS) is 21.3. The van der Waals surface area contributed by atoms with Crippen LogP contribution in [0.25, 0.3) is 0 Å². The Kier molecular flexibility index (Phi) is 6.84. The molecule has 4 amide bonds. The number of likely N-dealkylation sites (tertiary alicyclic amines) is 1. The number of rotatable bonds is 7. The van der Waals surface area contributed by atoms with E-state index in [0.717, 1.165) is 11.1 Å². The Hall–Kier alpha value is -2.80. The average Bonchev–Trinajstić information content (AvgIpc) is 3.12. The molecular formula is C25H29N3O3S. The number of urea groups is 1. The van der Waals surface area contributed by atoms with E-state index in [2.05, 4.69) is 10.6 Å². The molecule has 0 aliphatic carbocycles. The van der Waals surface area contributed by atoms with Gasteiger partial charge in [0.15, 0.2) is 0 Å². The highest BCUT2D eigenvalue weighted by atomic mass is 32.2. The highest BCUT2D eigenvalue weighted by Gasteiger charge is 2.51. The number of benzene rings is 2. The number of piperidine rings is 1. The summed E-state index contributed by atoms with van der Waals surface area (Å²) in [5.41, 5.74) is 1.24. The van der Waals surface area contributed by atoms with Gasteiger partial charge in [-0.3, -0.25) is 14.9 Å². The Balaban J connectivity index is 1.39. The van der Waals surface area contributed by atoms with Gasteiger partial charge in [-0.2, -0.15) is 0 Å². The van der Waals surface area contributed by atoms with Gasteiger partial charge >= 0.3 is 6.03 Å². The molecule has 0 unspecified atom stereocenters. The van der Waals surface area contributed by atoms with E-state index < -0.39 is 11.6 Å². The maximum Gasteiger partial charge on any atom is 0.322 e. The van der Waals surface area contributed by atoms with Crippen molar-refractivity contribution >= 4 is 29.6 Å². The van der Waals surface area contributed by atoms with Crippen molar-refractivity contribution in [2.24, 2.45) is 5.92 Å². The van der Waals surface area contributed by atoms with E-state index in [1.165, 1.54) is 4.90 Å². The van der Waals surface area contributed by atoms with Crippen LogP contribution < -0.4 is 10.6 Å². The Morgan fingerprint density at radius 1 is 1.03 bits per heavy atom. The van der Waals surface area contributed by atoms with Crippen molar-refractivity contribution in [1.82, 2.24) is 15.5 Å². The Morgan fingerprint density at radius 3 is 2.31 bits per heavy atom. The zero-order chi connectivity index (χ0) is 22.6. The van der Waals surface area contributed by atoms with Crippen molar-refractivity contribution in [1.29, 1.82) is 0 Å². The third-order valence-electron chi connectivity index (χ3n) is 6.68. The average molecular weight is 452 g/mol. The van der Waals surface area contributed by atoms with Crippen LogP contribution in [0.5, 0.6) is 0 Å². The summed E-state index contributed by atoms with van der Waals surface area (Å²) >= 11 is 1.68. The summed E-state index contributed by atoms with van der Waals surface area (Å²) in [6.45, 7) is 1.20. The number of imide groups is 1. The quantitative estimate of drug-likeness (QED) is 0.500. The topological polar surface area (TPSA) is 78.5 Å². The van der Waals surface area contributed by atoms with Gasteiger partial charge in [0.25, 0.3) is 5.91 Å². The molecule has 7 heteroatoms. The van der Waals surface area contributed by atoms with E-state index in [4.69, 9.17) is 0 Å². The van der Waals surface area contributed by atoms with Crippen LogP contribution in [0.4, 0.5) is 4.79 Å². The Bertz CT molecular complexity index is 972. The smallest absolute Gasteiger partial charge is 0.322 e. The summed E-state index contributed by atoms with van der Waals surface area (Å²) in [4.78, 5) is 40.8. The number of thioether (sulfide) groups is 1. The minimum absolute atomic E-state index is 0.00238. The first-order chi connectivity index (χ1) is 15.5. The number of hydrogen-bond acceptors (Lipinski definition) is 4. The lowest BCUT2D eigenvalue weighted by Gasteiger charge is -2.40. The molecule has 2 aliphatic rings. The number of nitrogens with one attached hydrogen (secondary N) is 2. The molecule has 32 heavy (non-hydrogen) atoms. The van der Waals surface area contributed by atoms with E-state index >= 15 is 0 Å². The van der Waals surface area contributed by atoms with Crippen molar-refractivity contribution in [3.8, 4) is 0 Å². The number of carbonyl (C=O) groups excluding carboxylic acids is 3. The van der Waals surface area contributed by atoms with E-state index in [1.807, 2.05) is 65.8 Å². The van der Waals surface area contributed by atoms with Crippen LogP contribution in [0.2, 0.25) is 0 Å². The van der Waals surface area contributed by atoms with Crippen molar-refractivity contribution in [2.75, 3.05) is 19.3 Å². The van der Waals surface area contributed by atoms with Gasteiger partial charge in [-0.15, -0.1) is 11.8 Å².